The van der Waals surface area contributed by atoms with Crippen LogP contribution in [-0.4, -0.2) is 10.8 Å². The summed E-state index contributed by atoms with van der Waals surface area (Å²) in [5, 5.41) is 10.4. The van der Waals surface area contributed by atoms with Gasteiger partial charge in [0.05, 0.1) is 5.92 Å². The summed E-state index contributed by atoms with van der Waals surface area (Å²) in [7, 11) is 0. The summed E-state index contributed by atoms with van der Waals surface area (Å²) in [5.74, 6) is -0.438. The number of hydrogen-bond acceptors (Lipinski definition) is 5. The Bertz CT molecular complexity index is 1120. The van der Waals surface area contributed by atoms with Crippen molar-refractivity contribution in [1.82, 2.24) is 4.98 Å². The van der Waals surface area contributed by atoms with E-state index >= 15 is 0 Å². The Kier molecular flexibility index (Phi) is 3.66. The summed E-state index contributed by atoms with van der Waals surface area (Å²) in [6.45, 7) is 1.96. The van der Waals surface area contributed by atoms with Crippen LogP contribution in [0.25, 0.3) is 10.9 Å². The number of H-pyrrole nitrogens is 1. The number of carbonyl (C=O) groups excluding carboxylic acids is 1. The Labute approximate surface area is 149 Å². The third-order valence-corrected chi connectivity index (χ3v) is 4.94. The molecule has 26 heavy (non-hydrogen) atoms. The van der Waals surface area contributed by atoms with Gasteiger partial charge in [0.15, 0.2) is 5.78 Å². The molecule has 0 unspecified atom stereocenters. The van der Waals surface area contributed by atoms with Gasteiger partial charge in [-0.1, -0.05) is 11.6 Å². The average molecular weight is 347 g/mol. The van der Waals surface area contributed by atoms with Crippen LogP contribution in [-0.2, 0) is 9.53 Å². The number of carbonyl (C=O) groups is 1. The molecule has 6 heteroatoms. The average Bonchev–Trinajstić information content (AvgIpc) is 2.60. The van der Waals surface area contributed by atoms with Gasteiger partial charge in [-0.05, 0) is 36.9 Å². The molecule has 1 atom stereocenters. The second-order valence-corrected chi connectivity index (χ2v) is 6.68. The Hall–Kier alpha value is -3.33. The van der Waals surface area contributed by atoms with E-state index in [0.29, 0.717) is 41.7 Å². The van der Waals surface area contributed by atoms with E-state index in [1.165, 1.54) is 0 Å². The van der Waals surface area contributed by atoms with Crippen LogP contribution >= 0.6 is 0 Å². The van der Waals surface area contributed by atoms with Gasteiger partial charge in [-0.2, -0.15) is 5.26 Å². The maximum Gasteiger partial charge on any atom is 0.252 e. The molecule has 0 saturated carbocycles. The van der Waals surface area contributed by atoms with Gasteiger partial charge in [0.2, 0.25) is 5.88 Å². The van der Waals surface area contributed by atoms with Gasteiger partial charge in [-0.25, -0.2) is 0 Å². The Morgan fingerprint density at radius 1 is 1.27 bits per heavy atom. The summed E-state index contributed by atoms with van der Waals surface area (Å²) in [6.07, 6.45) is 1.62. The third kappa shape index (κ3) is 2.40. The summed E-state index contributed by atoms with van der Waals surface area (Å²) >= 11 is 0. The first-order chi connectivity index (χ1) is 12.5. The van der Waals surface area contributed by atoms with Gasteiger partial charge >= 0.3 is 0 Å². The van der Waals surface area contributed by atoms with Crippen LogP contribution in [0.5, 0.6) is 0 Å². The topological polar surface area (TPSA) is 109 Å². The standard InChI is InChI=1S/C20H17N3O3/c1-10-5-6-14-11(7-10)8-12(20(25)23-14)17-13(9-21)19(22)26-16-4-2-3-15(24)18(16)17/h5-8,17H,2-4,22H2,1H3,(H,23,25)/t17-/m0/s1. The second kappa shape index (κ2) is 5.88. The number of pyridine rings is 1. The van der Waals surface area contributed by atoms with Crippen molar-refractivity contribution >= 4 is 16.7 Å². The Balaban J connectivity index is 2.00. The first kappa shape index (κ1) is 16.2. The van der Waals surface area contributed by atoms with Crippen molar-refractivity contribution in [2.45, 2.75) is 32.1 Å². The number of Topliss-reactive ketones (excluding diaryl/α,β-unsaturated/α-hetero) is 1. The molecule has 0 amide bonds. The van der Waals surface area contributed by atoms with Crippen LogP contribution in [0.4, 0.5) is 0 Å². The van der Waals surface area contributed by atoms with E-state index in [4.69, 9.17) is 10.5 Å². The van der Waals surface area contributed by atoms with Crippen LogP contribution in [0.3, 0.4) is 0 Å². The number of nitrogens with one attached hydrogen (secondary N) is 1. The second-order valence-electron chi connectivity index (χ2n) is 6.68. The number of rotatable bonds is 1. The molecular formula is C20H17N3O3. The predicted molar refractivity (Wildman–Crippen MR) is 95.8 cm³/mol. The lowest BCUT2D eigenvalue weighted by atomic mass is 9.78. The molecular weight excluding hydrogens is 330 g/mol. The number of benzene rings is 1. The van der Waals surface area contributed by atoms with E-state index in [-0.39, 0.29) is 22.8 Å². The molecule has 0 fully saturated rings. The molecule has 2 aliphatic rings. The first-order valence-electron chi connectivity index (χ1n) is 8.47. The van der Waals surface area contributed by atoms with Crippen LogP contribution in [0, 0.1) is 18.3 Å². The monoisotopic (exact) mass is 347 g/mol. The van der Waals surface area contributed by atoms with Crippen molar-refractivity contribution in [2.75, 3.05) is 0 Å². The number of allylic oxidation sites excluding steroid dienone is 3. The van der Waals surface area contributed by atoms with E-state index in [0.717, 1.165) is 10.9 Å². The number of nitriles is 1. The summed E-state index contributed by atoms with van der Waals surface area (Å²) in [4.78, 5) is 28.2. The minimum Gasteiger partial charge on any atom is -0.444 e. The molecule has 0 spiro atoms. The van der Waals surface area contributed by atoms with Gasteiger partial charge in [0.1, 0.15) is 17.4 Å². The van der Waals surface area contributed by atoms with Gasteiger partial charge in [0, 0.05) is 29.5 Å². The van der Waals surface area contributed by atoms with E-state index in [2.05, 4.69) is 4.98 Å². The lowest BCUT2D eigenvalue weighted by Crippen LogP contribution is -2.30. The van der Waals surface area contributed by atoms with Gasteiger partial charge in [-0.3, -0.25) is 9.59 Å². The first-order valence-corrected chi connectivity index (χ1v) is 8.47. The molecule has 0 radical (unpaired) electrons. The minimum absolute atomic E-state index is 0.0327. The van der Waals surface area contributed by atoms with Gasteiger partial charge < -0.3 is 15.5 Å². The van der Waals surface area contributed by atoms with Crippen molar-refractivity contribution in [3.05, 3.63) is 68.5 Å². The maximum absolute atomic E-state index is 12.8. The molecule has 6 nitrogen and oxygen atoms in total. The molecule has 1 aromatic heterocycles. The van der Waals surface area contributed by atoms with E-state index in [1.807, 2.05) is 31.2 Å². The SMILES string of the molecule is Cc1ccc2[nH]c(=O)c([C@H]3C(C#N)=C(N)OC4=C3C(=O)CCC4)cc2c1. The predicted octanol–water partition coefficient (Wildman–Crippen LogP) is 2.65. The molecule has 3 N–H and O–H groups in total. The van der Waals surface area contributed by atoms with E-state index < -0.39 is 5.92 Å². The van der Waals surface area contributed by atoms with E-state index in [1.54, 1.807) is 6.07 Å². The molecule has 1 aromatic carbocycles. The Morgan fingerprint density at radius 3 is 2.85 bits per heavy atom. The maximum atomic E-state index is 12.8. The van der Waals surface area contributed by atoms with Gasteiger partial charge in [0.25, 0.3) is 5.56 Å². The zero-order valence-corrected chi connectivity index (χ0v) is 14.3. The zero-order chi connectivity index (χ0) is 18.4. The molecule has 1 aliphatic heterocycles. The molecule has 1 aliphatic carbocycles. The van der Waals surface area contributed by atoms with Crippen LogP contribution in [0.1, 0.15) is 36.3 Å². The number of nitrogens with zero attached hydrogens (tertiary/aromatic N) is 1. The highest BCUT2D eigenvalue weighted by Gasteiger charge is 2.39. The molecule has 0 saturated heterocycles. The fraction of sp³-hybridized carbons (Fsp3) is 0.250. The fourth-order valence-corrected chi connectivity index (χ4v) is 3.72. The number of hydrogen-bond donors (Lipinski definition) is 2. The van der Waals surface area contributed by atoms with E-state index in [9.17, 15) is 14.9 Å². The minimum atomic E-state index is -0.787. The number of aryl methyl sites for hydroxylation is 1. The molecule has 130 valence electrons. The number of aromatic nitrogens is 1. The highest BCUT2D eigenvalue weighted by atomic mass is 16.5. The number of ketones is 1. The van der Waals surface area contributed by atoms with Crippen molar-refractivity contribution in [1.29, 1.82) is 5.26 Å². The largest absolute Gasteiger partial charge is 0.444 e. The zero-order valence-electron chi connectivity index (χ0n) is 14.3. The Morgan fingerprint density at radius 2 is 2.08 bits per heavy atom. The smallest absolute Gasteiger partial charge is 0.252 e. The fourth-order valence-electron chi connectivity index (χ4n) is 3.72. The van der Waals surface area contributed by atoms with Crippen molar-refractivity contribution in [3.8, 4) is 6.07 Å². The van der Waals surface area contributed by atoms with Crippen molar-refractivity contribution < 1.29 is 9.53 Å². The van der Waals surface area contributed by atoms with Crippen molar-refractivity contribution in [3.63, 3.8) is 0 Å². The molecule has 4 rings (SSSR count). The van der Waals surface area contributed by atoms with Crippen LogP contribution in [0.15, 0.2) is 51.8 Å². The molecule has 0 bridgehead atoms. The van der Waals surface area contributed by atoms with Crippen LogP contribution in [0.2, 0.25) is 0 Å². The highest BCUT2D eigenvalue weighted by Crippen LogP contribution is 2.42. The number of fused-ring (bicyclic) bond motifs is 1. The quantitative estimate of drug-likeness (QED) is 0.824. The summed E-state index contributed by atoms with van der Waals surface area (Å²) < 4.78 is 5.54. The lowest BCUT2D eigenvalue weighted by molar-refractivity contribution is -0.116. The van der Waals surface area contributed by atoms with Gasteiger partial charge in [-0.15, -0.1) is 0 Å². The number of ether oxygens (including phenoxy) is 1. The van der Waals surface area contributed by atoms with Crippen molar-refractivity contribution in [2.24, 2.45) is 5.73 Å². The highest BCUT2D eigenvalue weighted by molar-refractivity contribution is 5.99. The summed E-state index contributed by atoms with van der Waals surface area (Å²) in [6, 6.07) is 9.48. The molecule has 2 aromatic rings. The van der Waals surface area contributed by atoms with Crippen LogP contribution < -0.4 is 11.3 Å². The number of aromatic amines is 1. The molecule has 2 heterocycles. The normalized spacial score (nSPS) is 20.0. The lowest BCUT2D eigenvalue weighted by Gasteiger charge is -2.30. The third-order valence-electron chi connectivity index (χ3n) is 4.94. The summed E-state index contributed by atoms with van der Waals surface area (Å²) in [5.41, 5.74) is 8.19. The number of nitrogens with two attached hydrogens (primary N) is 1.